The van der Waals surface area contributed by atoms with Crippen LogP contribution < -0.4 is 4.74 Å². The first-order valence-electron chi connectivity index (χ1n) is 7.59. The molecule has 0 spiro atoms. The zero-order valence-electron chi connectivity index (χ0n) is 14.8. The van der Waals surface area contributed by atoms with Crippen LogP contribution in [-0.4, -0.2) is 48.1 Å². The number of hydrogen-bond acceptors (Lipinski definition) is 8. The molecule has 0 radical (unpaired) electrons. The lowest BCUT2D eigenvalue weighted by atomic mass is 10.2. The van der Waals surface area contributed by atoms with Crippen LogP contribution in [0.5, 0.6) is 23.0 Å². The molecular formula is C19H20O8. The summed E-state index contributed by atoms with van der Waals surface area (Å²) >= 11 is 0. The molecule has 0 atom stereocenters. The van der Waals surface area contributed by atoms with E-state index >= 15 is 0 Å². The zero-order chi connectivity index (χ0) is 20.4. The van der Waals surface area contributed by atoms with Crippen LogP contribution in [0.2, 0.25) is 0 Å². The molecule has 2 rings (SSSR count). The minimum absolute atomic E-state index is 0.0373. The minimum Gasteiger partial charge on any atom is -0.508 e. The molecule has 0 amide bonds. The molecule has 8 heteroatoms. The summed E-state index contributed by atoms with van der Waals surface area (Å²) in [6, 6.07) is 8.04. The lowest BCUT2D eigenvalue weighted by Crippen LogP contribution is -2.02. The fourth-order valence-electron chi connectivity index (χ4n) is 1.84. The van der Waals surface area contributed by atoms with E-state index in [2.05, 4.69) is 16.1 Å². The van der Waals surface area contributed by atoms with Crippen molar-refractivity contribution in [2.45, 2.75) is 0 Å². The molecular weight excluding hydrogens is 356 g/mol. The number of phenols is 3. The maximum absolute atomic E-state index is 11.1. The summed E-state index contributed by atoms with van der Waals surface area (Å²) in [6.07, 6.45) is 1.59. The fraction of sp³-hybridized carbons (Fsp3) is 0.158. The molecule has 0 saturated carbocycles. The van der Waals surface area contributed by atoms with Gasteiger partial charge in [0, 0.05) is 12.1 Å². The van der Waals surface area contributed by atoms with Gasteiger partial charge in [0.05, 0.1) is 14.2 Å². The molecule has 0 aromatic heterocycles. The largest absolute Gasteiger partial charge is 0.508 e. The van der Waals surface area contributed by atoms with Crippen molar-refractivity contribution in [2.75, 3.05) is 20.8 Å². The van der Waals surface area contributed by atoms with Gasteiger partial charge in [-0.05, 0) is 24.3 Å². The Labute approximate surface area is 155 Å². The van der Waals surface area contributed by atoms with E-state index in [0.29, 0.717) is 12.4 Å². The average molecular weight is 376 g/mol. The maximum Gasteiger partial charge on any atom is 0.341 e. The number of carbonyl (C=O) groups excluding carboxylic acids is 2. The van der Waals surface area contributed by atoms with Gasteiger partial charge in [0.15, 0.2) is 0 Å². The molecule has 3 N–H and O–H groups in total. The van der Waals surface area contributed by atoms with Crippen LogP contribution in [0.15, 0.2) is 49.1 Å². The summed E-state index contributed by atoms with van der Waals surface area (Å²) < 4.78 is 14.0. The Hall–Kier alpha value is -3.68. The third kappa shape index (κ3) is 6.28. The van der Waals surface area contributed by atoms with Crippen LogP contribution in [0.25, 0.3) is 0 Å². The molecule has 0 aliphatic heterocycles. The maximum atomic E-state index is 11.1. The summed E-state index contributed by atoms with van der Waals surface area (Å²) in [5, 5.41) is 27.5. The van der Waals surface area contributed by atoms with Crippen LogP contribution in [0.3, 0.4) is 0 Å². The predicted octanol–water partition coefficient (Wildman–Crippen LogP) is 2.63. The van der Waals surface area contributed by atoms with E-state index in [4.69, 9.17) is 14.9 Å². The van der Waals surface area contributed by atoms with Gasteiger partial charge in [-0.1, -0.05) is 12.7 Å². The second kappa shape index (κ2) is 10.3. The number of ether oxygens (including phenoxy) is 3. The highest BCUT2D eigenvalue weighted by Gasteiger charge is 2.12. The van der Waals surface area contributed by atoms with E-state index in [0.717, 1.165) is 6.07 Å². The Morgan fingerprint density at radius 2 is 1.44 bits per heavy atom. The van der Waals surface area contributed by atoms with E-state index in [1.54, 1.807) is 12.1 Å². The SMILES string of the molecule is C=CCOc1ccc(C(=O)OC)c(O)c1.COC(=O)c1ccc(O)cc1O. The zero-order valence-corrected chi connectivity index (χ0v) is 14.8. The predicted molar refractivity (Wildman–Crippen MR) is 96.2 cm³/mol. The molecule has 2 aromatic rings. The smallest absolute Gasteiger partial charge is 0.341 e. The monoisotopic (exact) mass is 376 g/mol. The van der Waals surface area contributed by atoms with Gasteiger partial charge < -0.3 is 29.5 Å². The molecule has 0 fully saturated rings. The highest BCUT2D eigenvalue weighted by Crippen LogP contribution is 2.24. The molecule has 144 valence electrons. The minimum atomic E-state index is -0.632. The van der Waals surface area contributed by atoms with Gasteiger partial charge in [-0.15, -0.1) is 0 Å². The van der Waals surface area contributed by atoms with Crippen molar-refractivity contribution >= 4 is 11.9 Å². The van der Waals surface area contributed by atoms with E-state index in [9.17, 15) is 14.7 Å². The van der Waals surface area contributed by atoms with E-state index in [1.807, 2.05) is 0 Å². The first-order chi connectivity index (χ1) is 12.8. The number of phenolic OH excluding ortho intramolecular Hbond substituents is 3. The number of benzene rings is 2. The number of aromatic hydroxyl groups is 3. The highest BCUT2D eigenvalue weighted by atomic mass is 16.5. The Morgan fingerprint density at radius 3 is 1.89 bits per heavy atom. The summed E-state index contributed by atoms with van der Waals surface area (Å²) in [6.45, 7) is 3.84. The molecule has 2 aromatic carbocycles. The van der Waals surface area contributed by atoms with Crippen LogP contribution in [-0.2, 0) is 9.47 Å². The van der Waals surface area contributed by atoms with E-state index in [-0.39, 0.29) is 28.4 Å². The number of rotatable bonds is 5. The molecule has 27 heavy (non-hydrogen) atoms. The van der Waals surface area contributed by atoms with Gasteiger partial charge in [-0.25, -0.2) is 9.59 Å². The van der Waals surface area contributed by atoms with E-state index in [1.165, 1.54) is 38.5 Å². The summed E-state index contributed by atoms with van der Waals surface area (Å²) in [7, 11) is 2.47. The lowest BCUT2D eigenvalue weighted by Gasteiger charge is -2.06. The van der Waals surface area contributed by atoms with Gasteiger partial charge in [-0.3, -0.25) is 0 Å². The fourth-order valence-corrected chi connectivity index (χ4v) is 1.84. The highest BCUT2D eigenvalue weighted by molar-refractivity contribution is 5.93. The van der Waals surface area contributed by atoms with Gasteiger partial charge >= 0.3 is 11.9 Å². The first kappa shape index (κ1) is 21.4. The third-order valence-corrected chi connectivity index (χ3v) is 3.13. The van der Waals surface area contributed by atoms with Crippen molar-refractivity contribution in [3.63, 3.8) is 0 Å². The first-order valence-corrected chi connectivity index (χ1v) is 7.59. The van der Waals surface area contributed by atoms with Crippen molar-refractivity contribution in [1.29, 1.82) is 0 Å². The number of hydrogen-bond donors (Lipinski definition) is 3. The molecule has 0 unspecified atom stereocenters. The molecule has 8 nitrogen and oxygen atoms in total. The summed E-state index contributed by atoms with van der Waals surface area (Å²) in [5.74, 6) is -1.29. The van der Waals surface area contributed by atoms with Crippen LogP contribution in [0, 0.1) is 0 Å². The van der Waals surface area contributed by atoms with Gasteiger partial charge in [0.2, 0.25) is 0 Å². The number of carbonyl (C=O) groups is 2. The van der Waals surface area contributed by atoms with Crippen LogP contribution in [0.1, 0.15) is 20.7 Å². The molecule has 0 heterocycles. The van der Waals surface area contributed by atoms with Crippen LogP contribution in [0.4, 0.5) is 0 Å². The summed E-state index contributed by atoms with van der Waals surface area (Å²) in [4.78, 5) is 22.0. The molecule has 0 saturated heterocycles. The Kier molecular flexibility index (Phi) is 8.18. The average Bonchev–Trinajstić information content (AvgIpc) is 2.65. The number of esters is 2. The van der Waals surface area contributed by atoms with Gasteiger partial charge in [0.25, 0.3) is 0 Å². The van der Waals surface area contributed by atoms with Crippen molar-refractivity contribution in [1.82, 2.24) is 0 Å². The normalized spacial score (nSPS) is 9.41. The Balaban J connectivity index is 0.000000277. The van der Waals surface area contributed by atoms with Crippen molar-refractivity contribution in [2.24, 2.45) is 0 Å². The van der Waals surface area contributed by atoms with Crippen LogP contribution >= 0.6 is 0 Å². The second-order valence-electron chi connectivity index (χ2n) is 4.96. The molecule has 0 aliphatic carbocycles. The third-order valence-electron chi connectivity index (χ3n) is 3.13. The van der Waals surface area contributed by atoms with E-state index < -0.39 is 11.9 Å². The number of methoxy groups -OCH3 is 2. The second-order valence-corrected chi connectivity index (χ2v) is 4.96. The molecule has 0 aliphatic rings. The van der Waals surface area contributed by atoms with Gasteiger partial charge in [0.1, 0.15) is 40.7 Å². The van der Waals surface area contributed by atoms with Crippen molar-refractivity contribution < 1.29 is 39.1 Å². The molecule has 0 bridgehead atoms. The lowest BCUT2D eigenvalue weighted by molar-refractivity contribution is 0.0588. The van der Waals surface area contributed by atoms with Gasteiger partial charge in [-0.2, -0.15) is 0 Å². The Morgan fingerprint density at radius 1 is 0.926 bits per heavy atom. The van der Waals surface area contributed by atoms with Crippen molar-refractivity contribution in [3.8, 4) is 23.0 Å². The Bertz CT molecular complexity index is 813. The van der Waals surface area contributed by atoms with Crippen molar-refractivity contribution in [3.05, 3.63) is 60.2 Å². The standard InChI is InChI=1S/C11H12O4.C8H8O4/c1-3-6-15-8-4-5-9(10(12)7-8)11(13)14-2;1-12-8(11)6-3-2-5(9)4-7(6)10/h3-5,7,12H,1,6H2,2H3;2-4,9-10H,1H3. The quantitative estimate of drug-likeness (QED) is 0.538. The topological polar surface area (TPSA) is 123 Å². The summed E-state index contributed by atoms with van der Waals surface area (Å²) in [5.41, 5.74) is 0.152.